The second kappa shape index (κ2) is 6.49. The first-order chi connectivity index (χ1) is 7.13. The summed E-state index contributed by atoms with van der Waals surface area (Å²) in [4.78, 5) is 0. The van der Waals surface area contributed by atoms with Gasteiger partial charge in [0.2, 0.25) is 0 Å². The average Bonchev–Trinajstić information content (AvgIpc) is 2.17. The molecule has 0 radical (unpaired) electrons. The molecule has 90 valence electrons. The third-order valence-corrected chi connectivity index (χ3v) is 3.63. The van der Waals surface area contributed by atoms with E-state index in [0.717, 1.165) is 12.3 Å². The fourth-order valence-corrected chi connectivity index (χ4v) is 2.64. The van der Waals surface area contributed by atoms with Crippen LogP contribution in [0.1, 0.15) is 52.9 Å². The van der Waals surface area contributed by atoms with Gasteiger partial charge >= 0.3 is 0 Å². The monoisotopic (exact) mass is 213 g/mol. The van der Waals surface area contributed by atoms with E-state index in [1.54, 1.807) is 0 Å². The summed E-state index contributed by atoms with van der Waals surface area (Å²) in [6.45, 7) is 7.13. The highest BCUT2D eigenvalue weighted by molar-refractivity contribution is 4.81. The Morgan fingerprint density at radius 3 is 2.60 bits per heavy atom. The van der Waals surface area contributed by atoms with Crippen LogP contribution in [0.15, 0.2) is 0 Å². The molecule has 1 rings (SSSR count). The first kappa shape index (κ1) is 13.0. The van der Waals surface area contributed by atoms with Crippen molar-refractivity contribution in [2.24, 2.45) is 11.8 Å². The molecule has 3 atom stereocenters. The zero-order valence-electron chi connectivity index (χ0n) is 10.5. The van der Waals surface area contributed by atoms with E-state index >= 15 is 0 Å². The van der Waals surface area contributed by atoms with Gasteiger partial charge in [0.15, 0.2) is 0 Å². The average molecular weight is 213 g/mol. The van der Waals surface area contributed by atoms with Crippen LogP contribution in [0, 0.1) is 11.8 Å². The highest BCUT2D eigenvalue weighted by Crippen LogP contribution is 2.24. The van der Waals surface area contributed by atoms with Gasteiger partial charge in [-0.25, -0.2) is 0 Å². The predicted molar refractivity (Wildman–Crippen MR) is 64.9 cm³/mol. The van der Waals surface area contributed by atoms with E-state index in [0.29, 0.717) is 24.6 Å². The molecule has 0 aromatic carbocycles. The number of aliphatic hydroxyl groups is 1. The quantitative estimate of drug-likeness (QED) is 0.735. The van der Waals surface area contributed by atoms with Gasteiger partial charge in [-0.1, -0.05) is 33.6 Å². The molecule has 2 N–H and O–H groups in total. The SMILES string of the molecule is CC1CCCC(NC(CCO)C(C)C)C1. The molecule has 0 aliphatic heterocycles. The van der Waals surface area contributed by atoms with Gasteiger partial charge in [0.1, 0.15) is 0 Å². The maximum Gasteiger partial charge on any atom is 0.0445 e. The molecule has 0 heterocycles. The fraction of sp³-hybridized carbons (Fsp3) is 1.00. The molecule has 1 saturated carbocycles. The molecule has 1 aliphatic rings. The van der Waals surface area contributed by atoms with Crippen molar-refractivity contribution in [3.05, 3.63) is 0 Å². The molecule has 3 unspecified atom stereocenters. The van der Waals surface area contributed by atoms with Crippen LogP contribution < -0.4 is 5.32 Å². The summed E-state index contributed by atoms with van der Waals surface area (Å²) >= 11 is 0. The van der Waals surface area contributed by atoms with Crippen molar-refractivity contribution in [1.82, 2.24) is 5.32 Å². The number of nitrogens with one attached hydrogen (secondary N) is 1. The standard InChI is InChI=1S/C13H27NO/c1-10(2)13(7-8-15)14-12-6-4-5-11(3)9-12/h10-15H,4-9H2,1-3H3. The van der Waals surface area contributed by atoms with Crippen LogP contribution in [0.25, 0.3) is 0 Å². The van der Waals surface area contributed by atoms with E-state index in [9.17, 15) is 0 Å². The Hall–Kier alpha value is -0.0800. The first-order valence-corrected chi connectivity index (χ1v) is 6.50. The molecule has 0 spiro atoms. The highest BCUT2D eigenvalue weighted by Gasteiger charge is 2.22. The molecule has 1 fully saturated rings. The summed E-state index contributed by atoms with van der Waals surface area (Å²) in [6, 6.07) is 1.18. The van der Waals surface area contributed by atoms with Crippen LogP contribution in [-0.2, 0) is 0 Å². The van der Waals surface area contributed by atoms with E-state index in [-0.39, 0.29) is 0 Å². The molecule has 0 aromatic heterocycles. The van der Waals surface area contributed by atoms with E-state index in [2.05, 4.69) is 26.1 Å². The maximum atomic E-state index is 9.03. The highest BCUT2D eigenvalue weighted by atomic mass is 16.3. The van der Waals surface area contributed by atoms with Crippen LogP contribution in [0.4, 0.5) is 0 Å². The van der Waals surface area contributed by atoms with Gasteiger partial charge in [-0.2, -0.15) is 0 Å². The summed E-state index contributed by atoms with van der Waals surface area (Å²) in [7, 11) is 0. The van der Waals surface area contributed by atoms with Gasteiger partial charge in [-0.05, 0) is 31.1 Å². The van der Waals surface area contributed by atoms with Crippen molar-refractivity contribution >= 4 is 0 Å². The summed E-state index contributed by atoms with van der Waals surface area (Å²) in [5, 5.41) is 12.8. The minimum absolute atomic E-state index is 0.304. The van der Waals surface area contributed by atoms with Crippen LogP contribution >= 0.6 is 0 Å². The van der Waals surface area contributed by atoms with Gasteiger partial charge in [-0.15, -0.1) is 0 Å². The lowest BCUT2D eigenvalue weighted by Gasteiger charge is -2.33. The lowest BCUT2D eigenvalue weighted by Crippen LogP contribution is -2.43. The smallest absolute Gasteiger partial charge is 0.0445 e. The molecule has 0 aromatic rings. The van der Waals surface area contributed by atoms with Gasteiger partial charge in [0, 0.05) is 18.7 Å². The Balaban J connectivity index is 2.35. The summed E-state index contributed by atoms with van der Waals surface area (Å²) < 4.78 is 0. The van der Waals surface area contributed by atoms with Crippen molar-refractivity contribution in [1.29, 1.82) is 0 Å². The topological polar surface area (TPSA) is 32.3 Å². The minimum Gasteiger partial charge on any atom is -0.396 e. The van der Waals surface area contributed by atoms with Gasteiger partial charge in [-0.3, -0.25) is 0 Å². The van der Waals surface area contributed by atoms with Crippen LogP contribution in [0.2, 0.25) is 0 Å². The van der Waals surface area contributed by atoms with Crippen molar-refractivity contribution in [3.8, 4) is 0 Å². The predicted octanol–water partition coefficient (Wildman–Crippen LogP) is 2.56. The number of rotatable bonds is 5. The van der Waals surface area contributed by atoms with E-state index in [1.165, 1.54) is 25.7 Å². The van der Waals surface area contributed by atoms with Gasteiger partial charge in [0.25, 0.3) is 0 Å². The van der Waals surface area contributed by atoms with E-state index < -0.39 is 0 Å². The van der Waals surface area contributed by atoms with Crippen molar-refractivity contribution < 1.29 is 5.11 Å². The van der Waals surface area contributed by atoms with Crippen LogP contribution in [-0.4, -0.2) is 23.8 Å². The Morgan fingerprint density at radius 1 is 1.33 bits per heavy atom. The molecule has 15 heavy (non-hydrogen) atoms. The van der Waals surface area contributed by atoms with Crippen LogP contribution in [0.5, 0.6) is 0 Å². The number of aliphatic hydroxyl groups excluding tert-OH is 1. The molecular formula is C13H27NO. The zero-order chi connectivity index (χ0) is 11.3. The molecule has 1 aliphatic carbocycles. The molecule has 0 amide bonds. The second-order valence-corrected chi connectivity index (χ2v) is 5.50. The van der Waals surface area contributed by atoms with Gasteiger partial charge < -0.3 is 10.4 Å². The van der Waals surface area contributed by atoms with Crippen LogP contribution in [0.3, 0.4) is 0 Å². The second-order valence-electron chi connectivity index (χ2n) is 5.50. The van der Waals surface area contributed by atoms with Crippen molar-refractivity contribution in [2.75, 3.05) is 6.61 Å². The molecule has 2 heteroatoms. The molecule has 0 saturated heterocycles. The summed E-state index contributed by atoms with van der Waals surface area (Å²) in [6.07, 6.45) is 6.28. The van der Waals surface area contributed by atoms with Gasteiger partial charge in [0.05, 0.1) is 0 Å². The minimum atomic E-state index is 0.304. The Bertz CT molecular complexity index is 170. The largest absolute Gasteiger partial charge is 0.396 e. The Kier molecular flexibility index (Phi) is 5.62. The third-order valence-electron chi connectivity index (χ3n) is 3.63. The number of hydrogen-bond donors (Lipinski definition) is 2. The number of hydrogen-bond acceptors (Lipinski definition) is 2. The first-order valence-electron chi connectivity index (χ1n) is 6.50. The maximum absolute atomic E-state index is 9.03. The lowest BCUT2D eigenvalue weighted by atomic mass is 9.86. The summed E-state index contributed by atoms with van der Waals surface area (Å²) in [5.41, 5.74) is 0. The van der Waals surface area contributed by atoms with E-state index in [4.69, 9.17) is 5.11 Å². The Morgan fingerprint density at radius 2 is 2.07 bits per heavy atom. The molecular weight excluding hydrogens is 186 g/mol. The van der Waals surface area contributed by atoms with Crippen molar-refractivity contribution in [2.45, 2.75) is 65.0 Å². The van der Waals surface area contributed by atoms with E-state index in [1.807, 2.05) is 0 Å². The summed E-state index contributed by atoms with van der Waals surface area (Å²) in [5.74, 6) is 1.49. The molecule has 2 nitrogen and oxygen atoms in total. The molecule has 0 bridgehead atoms. The zero-order valence-corrected chi connectivity index (χ0v) is 10.5. The lowest BCUT2D eigenvalue weighted by molar-refractivity contribution is 0.211. The third kappa shape index (κ3) is 4.52. The normalized spacial score (nSPS) is 29.4. The van der Waals surface area contributed by atoms with Crippen molar-refractivity contribution in [3.63, 3.8) is 0 Å². The Labute approximate surface area is 94.5 Å². The fourth-order valence-electron chi connectivity index (χ4n) is 2.64.